The Morgan fingerprint density at radius 2 is 1.96 bits per heavy atom. The van der Waals surface area contributed by atoms with Gasteiger partial charge in [-0.2, -0.15) is 0 Å². The third-order valence-corrected chi connectivity index (χ3v) is 5.11. The summed E-state index contributed by atoms with van der Waals surface area (Å²) >= 11 is 1.10. The van der Waals surface area contributed by atoms with Gasteiger partial charge in [-0.05, 0) is 18.9 Å². The van der Waals surface area contributed by atoms with E-state index in [1.54, 1.807) is 6.92 Å². The first-order valence-corrected chi connectivity index (χ1v) is 9.61. The van der Waals surface area contributed by atoms with Gasteiger partial charge in [0, 0.05) is 7.11 Å². The average molecular weight is 396 g/mol. The second kappa shape index (κ2) is 10.2. The summed E-state index contributed by atoms with van der Waals surface area (Å²) in [4.78, 5) is 41.8. The Morgan fingerprint density at radius 3 is 2.67 bits per heavy atom. The maximum Gasteiger partial charge on any atom is 0.348 e. The number of esters is 2. The van der Waals surface area contributed by atoms with Crippen LogP contribution in [0.4, 0.5) is 0 Å². The molecule has 0 fully saturated rings. The number of unbranched alkanes of at least 4 members (excludes halogenated alkanes) is 2. The molecule has 0 aromatic carbocycles. The van der Waals surface area contributed by atoms with Crippen molar-refractivity contribution in [2.75, 3.05) is 26.9 Å². The van der Waals surface area contributed by atoms with Gasteiger partial charge in [-0.15, -0.1) is 11.3 Å². The molecule has 0 N–H and O–H groups in total. The molecule has 9 heteroatoms. The number of fused-ring (bicyclic) bond motifs is 1. The van der Waals surface area contributed by atoms with Crippen molar-refractivity contribution in [3.63, 3.8) is 0 Å². The first-order valence-electron chi connectivity index (χ1n) is 8.79. The Morgan fingerprint density at radius 1 is 1.19 bits per heavy atom. The van der Waals surface area contributed by atoms with Crippen molar-refractivity contribution in [1.29, 1.82) is 0 Å². The van der Waals surface area contributed by atoms with Crippen LogP contribution < -0.4 is 5.56 Å². The number of aromatic nitrogens is 2. The number of carbonyl (C=O) groups is 2. The van der Waals surface area contributed by atoms with Crippen LogP contribution in [-0.4, -0.2) is 48.4 Å². The van der Waals surface area contributed by atoms with Crippen LogP contribution >= 0.6 is 11.3 Å². The highest BCUT2D eigenvalue weighted by atomic mass is 32.1. The van der Waals surface area contributed by atoms with E-state index in [9.17, 15) is 14.4 Å². The molecule has 0 aliphatic carbocycles. The molecule has 0 aliphatic rings. The van der Waals surface area contributed by atoms with E-state index in [-0.39, 0.29) is 18.7 Å². The number of thiophene rings is 1. The molecule has 2 aromatic rings. The van der Waals surface area contributed by atoms with Crippen molar-refractivity contribution in [2.24, 2.45) is 0 Å². The van der Waals surface area contributed by atoms with E-state index in [0.717, 1.165) is 30.6 Å². The van der Waals surface area contributed by atoms with E-state index in [0.29, 0.717) is 33.9 Å². The minimum Gasteiger partial charge on any atom is -0.464 e. The second-order valence-corrected chi connectivity index (χ2v) is 6.97. The zero-order valence-electron chi connectivity index (χ0n) is 15.8. The molecule has 0 atom stereocenters. The third-order valence-electron chi connectivity index (χ3n) is 3.93. The Bertz CT molecular complexity index is 857. The summed E-state index contributed by atoms with van der Waals surface area (Å²) in [5.74, 6) is -1.00. The molecule has 0 spiro atoms. The molecule has 148 valence electrons. The van der Waals surface area contributed by atoms with E-state index in [2.05, 4.69) is 11.9 Å². The van der Waals surface area contributed by atoms with E-state index in [1.807, 2.05) is 0 Å². The highest BCUT2D eigenvalue weighted by Crippen LogP contribution is 2.27. The lowest BCUT2D eigenvalue weighted by atomic mass is 10.2. The number of hydrogen-bond acceptors (Lipinski definition) is 8. The van der Waals surface area contributed by atoms with E-state index in [4.69, 9.17) is 14.2 Å². The van der Waals surface area contributed by atoms with Gasteiger partial charge in [0.15, 0.2) is 0 Å². The molecule has 0 saturated carbocycles. The number of ether oxygens (including phenoxy) is 3. The molecule has 2 heterocycles. The monoisotopic (exact) mass is 396 g/mol. The van der Waals surface area contributed by atoms with E-state index < -0.39 is 11.9 Å². The quantitative estimate of drug-likeness (QED) is 0.449. The van der Waals surface area contributed by atoms with Crippen LogP contribution in [0.5, 0.6) is 0 Å². The molecular formula is C18H24N2O6S. The zero-order chi connectivity index (χ0) is 19.8. The summed E-state index contributed by atoms with van der Waals surface area (Å²) in [5, 5.41) is 0.319. The Hall–Kier alpha value is -2.26. The van der Waals surface area contributed by atoms with Crippen LogP contribution in [-0.2, 0) is 25.5 Å². The summed E-state index contributed by atoms with van der Waals surface area (Å²) in [6.07, 6.45) is 4.11. The predicted octanol–water partition coefficient (Wildman–Crippen LogP) is 2.30. The zero-order valence-corrected chi connectivity index (χ0v) is 16.6. The smallest absolute Gasteiger partial charge is 0.348 e. The van der Waals surface area contributed by atoms with Crippen molar-refractivity contribution in [3.8, 4) is 0 Å². The Kier molecular flexibility index (Phi) is 7.93. The minimum absolute atomic E-state index is 0.130. The third kappa shape index (κ3) is 5.36. The molecule has 2 aromatic heterocycles. The van der Waals surface area contributed by atoms with Crippen molar-refractivity contribution >= 4 is 33.5 Å². The highest BCUT2D eigenvalue weighted by Gasteiger charge is 2.21. The Labute approximate surface area is 161 Å². The van der Waals surface area contributed by atoms with Crippen LogP contribution in [0.25, 0.3) is 10.2 Å². The fourth-order valence-electron chi connectivity index (χ4n) is 2.47. The summed E-state index contributed by atoms with van der Waals surface area (Å²) in [6, 6.07) is 0. The van der Waals surface area contributed by atoms with Gasteiger partial charge >= 0.3 is 11.9 Å². The first-order chi connectivity index (χ1) is 13.0. The standard InChI is InChI=1S/C18H24N2O6S/c1-4-5-6-7-25-13(21)10-20-11-19-16-14(17(20)22)12(2)15(27-16)18(23)26-9-8-24-3/h11H,4-10H2,1-3H3. The Balaban J connectivity index is 2.16. The van der Waals surface area contributed by atoms with Crippen molar-refractivity contribution in [2.45, 2.75) is 39.7 Å². The lowest BCUT2D eigenvalue weighted by molar-refractivity contribution is -0.144. The van der Waals surface area contributed by atoms with Gasteiger partial charge in [-0.3, -0.25) is 14.2 Å². The number of hydrogen-bond donors (Lipinski definition) is 0. The molecule has 0 bridgehead atoms. The van der Waals surface area contributed by atoms with Gasteiger partial charge in [-0.1, -0.05) is 19.8 Å². The largest absolute Gasteiger partial charge is 0.464 e. The van der Waals surface area contributed by atoms with Crippen LogP contribution in [0.2, 0.25) is 0 Å². The normalized spacial score (nSPS) is 10.9. The van der Waals surface area contributed by atoms with E-state index >= 15 is 0 Å². The van der Waals surface area contributed by atoms with Gasteiger partial charge in [-0.25, -0.2) is 9.78 Å². The summed E-state index contributed by atoms with van der Waals surface area (Å²) in [7, 11) is 1.51. The van der Waals surface area contributed by atoms with Crippen LogP contribution in [0.15, 0.2) is 11.1 Å². The second-order valence-electron chi connectivity index (χ2n) is 5.97. The summed E-state index contributed by atoms with van der Waals surface area (Å²) < 4.78 is 16.3. The molecule has 0 saturated heterocycles. The van der Waals surface area contributed by atoms with Crippen molar-refractivity contribution < 1.29 is 23.8 Å². The van der Waals surface area contributed by atoms with Gasteiger partial charge in [0.05, 0.1) is 24.9 Å². The number of methoxy groups -OCH3 is 1. The summed E-state index contributed by atoms with van der Waals surface area (Å²) in [5.41, 5.74) is 0.121. The molecule has 27 heavy (non-hydrogen) atoms. The number of nitrogens with zero attached hydrogens (tertiary/aromatic N) is 2. The molecule has 8 nitrogen and oxygen atoms in total. The molecule has 0 radical (unpaired) electrons. The van der Waals surface area contributed by atoms with Gasteiger partial charge < -0.3 is 14.2 Å². The lowest BCUT2D eigenvalue weighted by Crippen LogP contribution is -2.26. The maximum atomic E-state index is 12.7. The number of carbonyl (C=O) groups excluding carboxylic acids is 2. The SMILES string of the molecule is CCCCCOC(=O)Cn1cnc2sc(C(=O)OCCOC)c(C)c2c1=O. The topological polar surface area (TPSA) is 96.7 Å². The van der Waals surface area contributed by atoms with Crippen LogP contribution in [0.3, 0.4) is 0 Å². The molecule has 0 aliphatic heterocycles. The maximum absolute atomic E-state index is 12.7. The number of aryl methyl sites for hydroxylation is 1. The molecule has 2 rings (SSSR count). The van der Waals surface area contributed by atoms with Gasteiger partial charge in [0.1, 0.15) is 22.9 Å². The fraction of sp³-hybridized carbons (Fsp3) is 0.556. The molecule has 0 unspecified atom stereocenters. The van der Waals surface area contributed by atoms with Crippen LogP contribution in [0, 0.1) is 6.92 Å². The average Bonchev–Trinajstić information content (AvgIpc) is 2.99. The predicted molar refractivity (Wildman–Crippen MR) is 101 cm³/mol. The van der Waals surface area contributed by atoms with Gasteiger partial charge in [0.2, 0.25) is 0 Å². The molecular weight excluding hydrogens is 372 g/mol. The van der Waals surface area contributed by atoms with E-state index in [1.165, 1.54) is 18.0 Å². The fourth-order valence-corrected chi connectivity index (χ4v) is 3.51. The lowest BCUT2D eigenvalue weighted by Gasteiger charge is -2.06. The van der Waals surface area contributed by atoms with Gasteiger partial charge in [0.25, 0.3) is 5.56 Å². The highest BCUT2D eigenvalue weighted by molar-refractivity contribution is 7.20. The first kappa shape index (κ1) is 21.0. The number of rotatable bonds is 10. The molecule has 0 amide bonds. The van der Waals surface area contributed by atoms with Crippen molar-refractivity contribution in [3.05, 3.63) is 27.1 Å². The summed E-state index contributed by atoms with van der Waals surface area (Å²) in [6.45, 7) is 4.28. The van der Waals surface area contributed by atoms with Crippen molar-refractivity contribution in [1.82, 2.24) is 9.55 Å². The van der Waals surface area contributed by atoms with Crippen LogP contribution in [0.1, 0.15) is 41.4 Å². The minimum atomic E-state index is -0.520.